The minimum absolute atomic E-state index is 0.0528. The molecule has 3 rings (SSSR count). The summed E-state index contributed by atoms with van der Waals surface area (Å²) in [6, 6.07) is 3.94. The van der Waals surface area contributed by atoms with E-state index in [1.54, 1.807) is 55.8 Å². The number of aliphatic hydroxyl groups excluding tert-OH is 1. The van der Waals surface area contributed by atoms with Gasteiger partial charge in [-0.1, -0.05) is 12.1 Å². The van der Waals surface area contributed by atoms with E-state index >= 15 is 0 Å². The molecule has 262 valence electrons. The third kappa shape index (κ3) is 11.2. The van der Waals surface area contributed by atoms with Crippen molar-refractivity contribution in [1.82, 2.24) is 19.9 Å². The largest absolute Gasteiger partial charge is 0.490 e. The van der Waals surface area contributed by atoms with E-state index in [0.717, 1.165) is 32.2 Å². The summed E-state index contributed by atoms with van der Waals surface area (Å²) in [5, 5.41) is 19.6. The van der Waals surface area contributed by atoms with Crippen LogP contribution in [0.4, 0.5) is 16.2 Å². The Morgan fingerprint density at radius 3 is 2.55 bits per heavy atom. The fourth-order valence-electron chi connectivity index (χ4n) is 5.51. The maximum atomic E-state index is 14.3. The molecule has 0 saturated carbocycles. The van der Waals surface area contributed by atoms with Gasteiger partial charge in [0.15, 0.2) is 5.76 Å². The standard InChI is InChI=1S/C34H54N6O7/c1-22-19-40(23(2)21-41)33(43)28-18-27(35-34(44)36-32-25(4)37-47-26(32)5)14-15-29(28)46-24(3)12-9-10-17-45-30(22)20-39(8)31(42)13-11-16-38(6)7/h14-15,18,22-24,30,41H,9-13,16-17,19-21H2,1-8H3,(H2,35,36,44)/t22-,23+,24+,30-/m1/s1. The van der Waals surface area contributed by atoms with Gasteiger partial charge in [-0.3, -0.25) is 9.59 Å². The van der Waals surface area contributed by atoms with Crippen molar-refractivity contribution in [1.29, 1.82) is 0 Å². The van der Waals surface area contributed by atoms with Crippen LogP contribution < -0.4 is 15.4 Å². The van der Waals surface area contributed by atoms with Gasteiger partial charge in [0, 0.05) is 44.8 Å². The number of rotatable bonds is 10. The summed E-state index contributed by atoms with van der Waals surface area (Å²) < 4.78 is 17.8. The zero-order valence-corrected chi connectivity index (χ0v) is 29.3. The van der Waals surface area contributed by atoms with E-state index in [4.69, 9.17) is 14.0 Å². The molecule has 13 nitrogen and oxygen atoms in total. The van der Waals surface area contributed by atoms with Gasteiger partial charge in [-0.25, -0.2) is 4.79 Å². The quantitative estimate of drug-likeness (QED) is 0.335. The minimum atomic E-state index is -0.520. The third-order valence-electron chi connectivity index (χ3n) is 8.46. The second-order valence-electron chi connectivity index (χ2n) is 13.0. The maximum absolute atomic E-state index is 14.3. The molecule has 0 spiro atoms. The Hall–Kier alpha value is -3.68. The molecule has 47 heavy (non-hydrogen) atoms. The van der Waals surface area contributed by atoms with Crippen LogP contribution in [0.15, 0.2) is 22.7 Å². The Kier molecular flexibility index (Phi) is 14.5. The molecule has 13 heteroatoms. The zero-order chi connectivity index (χ0) is 34.7. The van der Waals surface area contributed by atoms with E-state index in [1.165, 1.54) is 0 Å². The number of aryl methyl sites for hydroxylation is 2. The first-order valence-corrected chi connectivity index (χ1v) is 16.5. The van der Waals surface area contributed by atoms with E-state index in [0.29, 0.717) is 48.2 Å². The summed E-state index contributed by atoms with van der Waals surface area (Å²) in [6.45, 7) is 10.9. The summed E-state index contributed by atoms with van der Waals surface area (Å²) in [4.78, 5) is 45.6. The van der Waals surface area contributed by atoms with E-state index in [1.807, 2.05) is 27.9 Å². The van der Waals surface area contributed by atoms with Crippen molar-refractivity contribution in [3.63, 3.8) is 0 Å². The van der Waals surface area contributed by atoms with Crippen molar-refractivity contribution < 1.29 is 33.5 Å². The monoisotopic (exact) mass is 658 g/mol. The van der Waals surface area contributed by atoms with Crippen molar-refractivity contribution in [3.05, 3.63) is 35.2 Å². The molecular weight excluding hydrogens is 604 g/mol. The molecule has 0 fully saturated rings. The number of ether oxygens (including phenoxy) is 2. The number of nitrogens with one attached hydrogen (secondary N) is 2. The highest BCUT2D eigenvalue weighted by Gasteiger charge is 2.31. The third-order valence-corrected chi connectivity index (χ3v) is 8.46. The van der Waals surface area contributed by atoms with Crippen LogP contribution >= 0.6 is 0 Å². The second kappa shape index (κ2) is 18.0. The predicted molar refractivity (Wildman–Crippen MR) is 181 cm³/mol. The van der Waals surface area contributed by atoms with Crippen molar-refractivity contribution in [2.45, 2.75) is 85.0 Å². The Balaban J connectivity index is 1.88. The van der Waals surface area contributed by atoms with Crippen molar-refractivity contribution in [2.24, 2.45) is 5.92 Å². The summed E-state index contributed by atoms with van der Waals surface area (Å²) in [5.41, 5.74) is 1.68. The van der Waals surface area contributed by atoms with Crippen LogP contribution in [0.2, 0.25) is 0 Å². The number of benzene rings is 1. The van der Waals surface area contributed by atoms with Crippen LogP contribution in [0.3, 0.4) is 0 Å². The first-order valence-electron chi connectivity index (χ1n) is 16.5. The van der Waals surface area contributed by atoms with Crippen LogP contribution in [0.1, 0.15) is 74.7 Å². The van der Waals surface area contributed by atoms with Crippen LogP contribution in [0.5, 0.6) is 5.75 Å². The Morgan fingerprint density at radius 2 is 1.89 bits per heavy atom. The number of carbonyl (C=O) groups is 3. The average Bonchev–Trinajstić information content (AvgIpc) is 3.34. The number of hydrogen-bond donors (Lipinski definition) is 3. The Morgan fingerprint density at radius 1 is 1.15 bits per heavy atom. The molecule has 3 N–H and O–H groups in total. The number of likely N-dealkylation sites (N-methyl/N-ethyl adjacent to an activating group) is 1. The Bertz CT molecular complexity index is 1310. The molecule has 1 aromatic heterocycles. The Labute approximate surface area is 278 Å². The summed E-state index contributed by atoms with van der Waals surface area (Å²) >= 11 is 0. The van der Waals surface area contributed by atoms with E-state index in [2.05, 4.69) is 20.7 Å². The number of hydrogen-bond acceptors (Lipinski definition) is 9. The molecule has 0 saturated heterocycles. The molecule has 0 aliphatic carbocycles. The first-order chi connectivity index (χ1) is 22.3. The molecule has 1 aliphatic rings. The molecule has 0 bridgehead atoms. The molecule has 0 radical (unpaired) electrons. The molecule has 1 aliphatic heterocycles. The number of urea groups is 1. The van der Waals surface area contributed by atoms with Gasteiger partial charge in [-0.15, -0.1) is 0 Å². The van der Waals surface area contributed by atoms with Crippen LogP contribution in [0, 0.1) is 19.8 Å². The molecular formula is C34H54N6O7. The molecule has 2 aromatic rings. The first kappa shape index (κ1) is 37.8. The lowest BCUT2D eigenvalue weighted by Crippen LogP contribution is -2.48. The average molecular weight is 659 g/mol. The van der Waals surface area contributed by atoms with Crippen molar-refractivity contribution in [3.8, 4) is 5.75 Å². The lowest BCUT2D eigenvalue weighted by molar-refractivity contribution is -0.132. The summed E-state index contributed by atoms with van der Waals surface area (Å²) in [7, 11) is 5.77. The minimum Gasteiger partial charge on any atom is -0.490 e. The number of aromatic nitrogens is 1. The van der Waals surface area contributed by atoms with Gasteiger partial charge in [0.05, 0.1) is 30.4 Å². The molecule has 1 aromatic carbocycles. The van der Waals surface area contributed by atoms with Gasteiger partial charge in [-0.05, 0) is 92.2 Å². The highest BCUT2D eigenvalue weighted by Crippen LogP contribution is 2.29. The SMILES string of the molecule is Cc1noc(C)c1NC(=O)Nc1ccc2c(c1)C(=O)N([C@@H](C)CO)C[C@@H](C)[C@@H](CN(C)C(=O)CCCN(C)C)OCCCC[C@H](C)O2. The van der Waals surface area contributed by atoms with E-state index in [9.17, 15) is 19.5 Å². The van der Waals surface area contributed by atoms with Gasteiger partial charge in [-0.2, -0.15) is 0 Å². The summed E-state index contributed by atoms with van der Waals surface area (Å²) in [5.74, 6) is 0.411. The number of anilines is 2. The highest BCUT2D eigenvalue weighted by molar-refractivity contribution is 6.03. The lowest BCUT2D eigenvalue weighted by atomic mass is 10.0. The maximum Gasteiger partial charge on any atom is 0.323 e. The fourth-order valence-corrected chi connectivity index (χ4v) is 5.51. The van der Waals surface area contributed by atoms with Crippen LogP contribution in [0.25, 0.3) is 0 Å². The highest BCUT2D eigenvalue weighted by atomic mass is 16.5. The van der Waals surface area contributed by atoms with Crippen LogP contribution in [-0.4, -0.2) is 115 Å². The molecule has 4 amide bonds. The zero-order valence-electron chi connectivity index (χ0n) is 29.3. The normalized spacial score (nSPS) is 20.2. The van der Waals surface area contributed by atoms with Gasteiger partial charge >= 0.3 is 6.03 Å². The van der Waals surface area contributed by atoms with Gasteiger partial charge in [0.2, 0.25) is 5.91 Å². The van der Waals surface area contributed by atoms with Gasteiger partial charge in [0.1, 0.15) is 17.1 Å². The van der Waals surface area contributed by atoms with Crippen molar-refractivity contribution >= 4 is 29.2 Å². The topological polar surface area (TPSA) is 150 Å². The molecule has 2 heterocycles. The van der Waals surface area contributed by atoms with E-state index < -0.39 is 12.1 Å². The second-order valence-corrected chi connectivity index (χ2v) is 13.0. The van der Waals surface area contributed by atoms with E-state index in [-0.39, 0.29) is 48.7 Å². The van der Waals surface area contributed by atoms with Gasteiger partial charge < -0.3 is 44.4 Å². The number of aliphatic hydroxyl groups is 1. The number of fused-ring (bicyclic) bond motifs is 1. The number of carbonyl (C=O) groups excluding carboxylic acids is 3. The summed E-state index contributed by atoms with van der Waals surface area (Å²) in [6.07, 6.45) is 3.14. The van der Waals surface area contributed by atoms with Crippen LogP contribution in [-0.2, 0) is 9.53 Å². The fraction of sp³-hybridized carbons (Fsp3) is 0.647. The number of nitrogens with zero attached hydrogens (tertiary/aromatic N) is 4. The number of amides is 4. The van der Waals surface area contributed by atoms with Crippen molar-refractivity contribution in [2.75, 3.05) is 64.6 Å². The smallest absolute Gasteiger partial charge is 0.323 e. The van der Waals surface area contributed by atoms with Gasteiger partial charge in [0.25, 0.3) is 5.91 Å². The molecule has 4 atom stereocenters. The molecule has 0 unspecified atom stereocenters. The lowest BCUT2D eigenvalue weighted by Gasteiger charge is -2.36. The predicted octanol–water partition coefficient (Wildman–Crippen LogP) is 4.53.